The summed E-state index contributed by atoms with van der Waals surface area (Å²) in [5.41, 5.74) is 12.8. The molecule has 1 rings (SSSR count). The SMILES string of the molecule is CN=C(N)/C=C(/N)N=CS/C(=C\OC)C(=NC(=N)N1CCNCC1)OC. The van der Waals surface area contributed by atoms with Crippen LogP contribution in [0.2, 0.25) is 0 Å². The van der Waals surface area contributed by atoms with E-state index < -0.39 is 0 Å². The topological polar surface area (TPSA) is 147 Å². The quantitative estimate of drug-likeness (QED) is 0.285. The molecule has 0 saturated carbocycles. The zero-order chi connectivity index (χ0) is 19.4. The number of piperazine rings is 1. The number of methoxy groups -OCH3 is 2. The maximum atomic E-state index is 8.15. The molecule has 1 heterocycles. The number of hydrogen-bond acceptors (Lipinski definition) is 8. The Balaban J connectivity index is 2.85. The fraction of sp³-hybridized carbons (Fsp3) is 0.467. The Bertz CT molecular complexity index is 621. The number of ether oxygens (including phenoxy) is 2. The second-order valence-electron chi connectivity index (χ2n) is 4.97. The Labute approximate surface area is 157 Å². The molecule has 1 aliphatic heterocycles. The lowest BCUT2D eigenvalue weighted by Gasteiger charge is -2.27. The fourth-order valence-electron chi connectivity index (χ4n) is 1.88. The van der Waals surface area contributed by atoms with Crippen LogP contribution in [0.3, 0.4) is 0 Å². The van der Waals surface area contributed by atoms with Crippen molar-refractivity contribution in [2.45, 2.75) is 0 Å². The van der Waals surface area contributed by atoms with E-state index >= 15 is 0 Å². The van der Waals surface area contributed by atoms with E-state index in [1.165, 1.54) is 43.9 Å². The minimum Gasteiger partial charge on any atom is -0.503 e. The summed E-state index contributed by atoms with van der Waals surface area (Å²) >= 11 is 1.19. The summed E-state index contributed by atoms with van der Waals surface area (Å²) < 4.78 is 10.4. The van der Waals surface area contributed by atoms with E-state index in [1.807, 2.05) is 4.90 Å². The van der Waals surface area contributed by atoms with Gasteiger partial charge in [-0.25, -0.2) is 4.99 Å². The predicted octanol–water partition coefficient (Wildman–Crippen LogP) is -0.0923. The molecule has 0 aromatic heterocycles. The lowest BCUT2D eigenvalue weighted by Crippen LogP contribution is -2.45. The van der Waals surface area contributed by atoms with Gasteiger partial charge in [-0.05, 0) is 0 Å². The molecule has 0 spiro atoms. The smallest absolute Gasteiger partial charge is 0.233 e. The first kappa shape index (κ1) is 21.5. The van der Waals surface area contributed by atoms with Gasteiger partial charge in [-0.1, -0.05) is 11.8 Å². The standard InChI is InChI=1S/C15H26N8O2S/c1-19-12(16)8-13(17)21-10-26-11(9-24-2)14(25-3)22-15(18)23-6-4-20-5-7-23/h8-10,18,20H,4-7,17H2,1-3H3,(H2,16,19)/b11-9-,13-8-,18-15?,21-10?,22-14?. The van der Waals surface area contributed by atoms with E-state index in [4.69, 9.17) is 26.4 Å². The zero-order valence-corrected chi connectivity index (χ0v) is 16.0. The van der Waals surface area contributed by atoms with Gasteiger partial charge in [0, 0.05) is 39.3 Å². The average Bonchev–Trinajstić information content (AvgIpc) is 2.65. The molecular weight excluding hydrogens is 356 g/mol. The molecule has 6 N–H and O–H groups in total. The third kappa shape index (κ3) is 7.57. The van der Waals surface area contributed by atoms with Crippen LogP contribution >= 0.6 is 11.8 Å². The number of amidine groups is 1. The molecule has 0 atom stereocenters. The van der Waals surface area contributed by atoms with Crippen molar-refractivity contribution in [2.75, 3.05) is 47.4 Å². The van der Waals surface area contributed by atoms with Gasteiger partial charge in [0.05, 0.1) is 19.8 Å². The van der Waals surface area contributed by atoms with Gasteiger partial charge in [0.15, 0.2) is 0 Å². The van der Waals surface area contributed by atoms with E-state index in [0.29, 0.717) is 4.91 Å². The summed E-state index contributed by atoms with van der Waals surface area (Å²) in [6, 6.07) is 0. The molecule has 0 aromatic rings. The zero-order valence-electron chi connectivity index (χ0n) is 15.2. The number of guanidine groups is 1. The third-order valence-corrected chi connectivity index (χ3v) is 3.92. The first-order valence-corrected chi connectivity index (χ1v) is 8.68. The van der Waals surface area contributed by atoms with E-state index in [9.17, 15) is 0 Å². The molecule has 144 valence electrons. The van der Waals surface area contributed by atoms with E-state index in [0.717, 1.165) is 26.2 Å². The van der Waals surface area contributed by atoms with Crippen molar-refractivity contribution < 1.29 is 9.47 Å². The Kier molecular flexibility index (Phi) is 9.87. The van der Waals surface area contributed by atoms with E-state index in [-0.39, 0.29) is 23.5 Å². The Morgan fingerprint density at radius 2 is 1.96 bits per heavy atom. The van der Waals surface area contributed by atoms with Gasteiger partial charge in [-0.2, -0.15) is 4.99 Å². The van der Waals surface area contributed by atoms with Crippen LogP contribution in [0.15, 0.2) is 38.0 Å². The van der Waals surface area contributed by atoms with Crippen LogP contribution in [0, 0.1) is 5.41 Å². The minimum absolute atomic E-state index is 0.134. The molecular formula is C15H26N8O2S. The largest absolute Gasteiger partial charge is 0.503 e. The van der Waals surface area contributed by atoms with E-state index in [1.54, 1.807) is 7.05 Å². The lowest BCUT2D eigenvalue weighted by atomic mass is 10.4. The van der Waals surface area contributed by atoms with Crippen molar-refractivity contribution in [1.29, 1.82) is 5.41 Å². The van der Waals surface area contributed by atoms with Gasteiger partial charge in [-0.15, -0.1) is 0 Å². The van der Waals surface area contributed by atoms with Crippen LogP contribution in [-0.2, 0) is 9.47 Å². The Morgan fingerprint density at radius 1 is 1.27 bits per heavy atom. The van der Waals surface area contributed by atoms with Crippen LogP contribution < -0.4 is 16.8 Å². The fourth-order valence-corrected chi connectivity index (χ4v) is 2.55. The van der Waals surface area contributed by atoms with Crippen molar-refractivity contribution in [3.63, 3.8) is 0 Å². The Hall–Kier alpha value is -2.53. The molecule has 26 heavy (non-hydrogen) atoms. The summed E-state index contributed by atoms with van der Waals surface area (Å²) in [6.45, 7) is 3.08. The average molecular weight is 382 g/mol. The molecule has 1 saturated heterocycles. The van der Waals surface area contributed by atoms with Crippen LogP contribution in [0.5, 0.6) is 0 Å². The molecule has 0 radical (unpaired) electrons. The van der Waals surface area contributed by atoms with Crippen molar-refractivity contribution >= 4 is 35.0 Å². The molecule has 0 amide bonds. The maximum Gasteiger partial charge on any atom is 0.233 e. The van der Waals surface area contributed by atoms with Gasteiger partial charge in [0.1, 0.15) is 22.8 Å². The molecule has 1 fully saturated rings. The van der Waals surface area contributed by atoms with Gasteiger partial charge in [0.25, 0.3) is 0 Å². The predicted molar refractivity (Wildman–Crippen MR) is 108 cm³/mol. The summed E-state index contributed by atoms with van der Waals surface area (Å²) in [4.78, 5) is 14.5. The van der Waals surface area contributed by atoms with Crippen molar-refractivity contribution in [3.05, 3.63) is 23.1 Å². The second-order valence-corrected chi connectivity index (χ2v) is 5.86. The lowest BCUT2D eigenvalue weighted by molar-refractivity contribution is 0.334. The number of thioether (sulfide) groups is 1. The van der Waals surface area contributed by atoms with Gasteiger partial charge in [0.2, 0.25) is 11.9 Å². The summed E-state index contributed by atoms with van der Waals surface area (Å²) in [7, 11) is 4.56. The molecule has 0 bridgehead atoms. The van der Waals surface area contributed by atoms with Crippen LogP contribution in [0.1, 0.15) is 0 Å². The first-order valence-electron chi connectivity index (χ1n) is 7.80. The molecule has 1 aliphatic rings. The van der Waals surface area contributed by atoms with Crippen LogP contribution in [0.25, 0.3) is 0 Å². The third-order valence-electron chi connectivity index (χ3n) is 3.19. The van der Waals surface area contributed by atoms with Gasteiger partial charge in [-0.3, -0.25) is 10.4 Å². The summed E-state index contributed by atoms with van der Waals surface area (Å²) in [6.07, 6.45) is 2.91. The molecule has 0 aromatic carbocycles. The highest BCUT2D eigenvalue weighted by Crippen LogP contribution is 2.17. The molecule has 0 aliphatic carbocycles. The van der Waals surface area contributed by atoms with Gasteiger partial charge < -0.3 is 31.2 Å². The number of aliphatic imine (C=N–C) groups is 3. The highest BCUT2D eigenvalue weighted by Gasteiger charge is 2.16. The van der Waals surface area contributed by atoms with E-state index in [2.05, 4.69) is 20.3 Å². The first-order chi connectivity index (χ1) is 12.5. The number of hydrogen-bond donors (Lipinski definition) is 4. The monoisotopic (exact) mass is 382 g/mol. The highest BCUT2D eigenvalue weighted by atomic mass is 32.2. The van der Waals surface area contributed by atoms with Gasteiger partial charge >= 0.3 is 0 Å². The van der Waals surface area contributed by atoms with Crippen LogP contribution in [-0.4, -0.2) is 75.6 Å². The highest BCUT2D eigenvalue weighted by molar-refractivity contribution is 8.16. The number of nitrogens with one attached hydrogen (secondary N) is 2. The summed E-state index contributed by atoms with van der Waals surface area (Å²) in [5, 5.41) is 11.4. The molecule has 0 unspecified atom stereocenters. The maximum absolute atomic E-state index is 8.15. The van der Waals surface area contributed by atoms with Crippen molar-refractivity contribution in [2.24, 2.45) is 26.4 Å². The Morgan fingerprint density at radius 3 is 2.54 bits per heavy atom. The second kappa shape index (κ2) is 11.9. The molecule has 10 nitrogen and oxygen atoms in total. The number of rotatable bonds is 6. The number of nitrogens with zero attached hydrogens (tertiary/aromatic N) is 4. The normalized spacial score (nSPS) is 17.6. The van der Waals surface area contributed by atoms with Crippen molar-refractivity contribution in [1.82, 2.24) is 10.2 Å². The van der Waals surface area contributed by atoms with Crippen molar-refractivity contribution in [3.8, 4) is 0 Å². The number of nitrogens with two attached hydrogens (primary N) is 2. The molecule has 11 heteroatoms. The minimum atomic E-state index is 0.134. The summed E-state index contributed by atoms with van der Waals surface area (Å²) in [5.74, 6) is 0.876. The van der Waals surface area contributed by atoms with Crippen LogP contribution in [0.4, 0.5) is 0 Å².